The second kappa shape index (κ2) is 5.75. The first kappa shape index (κ1) is 12.8. The largest absolute Gasteiger partial charge is 0.504 e. The summed E-state index contributed by atoms with van der Waals surface area (Å²) in [5, 5.41) is 18.5. The molecule has 0 amide bonds. The number of esters is 1. The zero-order valence-electron chi connectivity index (χ0n) is 9.69. The van der Waals surface area contributed by atoms with Gasteiger partial charge in [0.1, 0.15) is 11.6 Å². The van der Waals surface area contributed by atoms with Crippen LogP contribution in [0.3, 0.4) is 0 Å². The number of nitriles is 1. The Morgan fingerprint density at radius 2 is 2.24 bits per heavy atom. The van der Waals surface area contributed by atoms with Crippen molar-refractivity contribution in [3.8, 4) is 17.6 Å². The molecule has 0 radical (unpaired) electrons. The minimum absolute atomic E-state index is 0.0205. The number of aromatic hydroxyl groups is 1. The van der Waals surface area contributed by atoms with Crippen molar-refractivity contribution in [2.24, 2.45) is 0 Å². The summed E-state index contributed by atoms with van der Waals surface area (Å²) in [6, 6.07) is 4.80. The molecule has 1 aromatic carbocycles. The van der Waals surface area contributed by atoms with E-state index >= 15 is 0 Å². The fourth-order valence-corrected chi connectivity index (χ4v) is 1.46. The van der Waals surface area contributed by atoms with Crippen LogP contribution in [0.25, 0.3) is 0 Å². The number of nitrogens with zero attached hydrogens (tertiary/aromatic N) is 1. The lowest BCUT2D eigenvalue weighted by atomic mass is 10.0. The summed E-state index contributed by atoms with van der Waals surface area (Å²) in [6.07, 6.45) is -0.0205. The lowest BCUT2D eigenvalue weighted by Gasteiger charge is -2.09. The summed E-state index contributed by atoms with van der Waals surface area (Å²) in [5.74, 6) is -0.470. The molecule has 0 aromatic heterocycles. The Morgan fingerprint density at radius 1 is 1.53 bits per heavy atom. The first-order valence-electron chi connectivity index (χ1n) is 5.08. The van der Waals surface area contributed by atoms with Gasteiger partial charge in [-0.15, -0.1) is 0 Å². The number of hydrogen-bond acceptors (Lipinski definition) is 5. The van der Waals surface area contributed by atoms with E-state index in [0.29, 0.717) is 5.56 Å². The van der Waals surface area contributed by atoms with Gasteiger partial charge in [-0.2, -0.15) is 5.26 Å². The van der Waals surface area contributed by atoms with E-state index in [0.717, 1.165) is 0 Å². The van der Waals surface area contributed by atoms with Gasteiger partial charge in [0.05, 0.1) is 20.1 Å². The highest BCUT2D eigenvalue weighted by Gasteiger charge is 2.16. The van der Waals surface area contributed by atoms with Gasteiger partial charge in [0.2, 0.25) is 0 Å². The molecule has 0 spiro atoms. The van der Waals surface area contributed by atoms with E-state index in [9.17, 15) is 9.90 Å². The zero-order valence-corrected chi connectivity index (χ0v) is 9.69. The zero-order chi connectivity index (χ0) is 12.8. The summed E-state index contributed by atoms with van der Waals surface area (Å²) in [5.41, 5.74) is 0.626. The third-order valence-corrected chi connectivity index (χ3v) is 2.18. The molecular weight excluding hydrogens is 222 g/mol. The van der Waals surface area contributed by atoms with Crippen LogP contribution in [0.5, 0.6) is 11.5 Å². The monoisotopic (exact) mass is 235 g/mol. The fourth-order valence-electron chi connectivity index (χ4n) is 1.46. The van der Waals surface area contributed by atoms with Gasteiger partial charge in [0.15, 0.2) is 11.5 Å². The average Bonchev–Trinajstić information content (AvgIpc) is 2.31. The number of benzene rings is 1. The van der Waals surface area contributed by atoms with Crippen LogP contribution in [0, 0.1) is 11.3 Å². The molecule has 0 aliphatic rings. The number of rotatable bonds is 4. The van der Waals surface area contributed by atoms with Gasteiger partial charge in [0, 0.05) is 0 Å². The summed E-state index contributed by atoms with van der Waals surface area (Å²) in [4.78, 5) is 11.3. The van der Waals surface area contributed by atoms with E-state index in [1.807, 2.05) is 6.07 Å². The number of carbonyl (C=O) groups is 1. The minimum atomic E-state index is -0.420. The van der Waals surface area contributed by atoms with E-state index in [1.165, 1.54) is 19.2 Å². The predicted molar refractivity (Wildman–Crippen MR) is 59.7 cm³/mol. The third kappa shape index (κ3) is 2.88. The van der Waals surface area contributed by atoms with Crippen LogP contribution < -0.4 is 4.74 Å². The van der Waals surface area contributed by atoms with Crippen molar-refractivity contribution in [1.29, 1.82) is 5.26 Å². The SMILES string of the molecule is CCOC(=O)Cc1ccc(O)c(OC)c1C#N. The molecule has 0 unspecified atom stereocenters. The molecular formula is C12H13NO4. The van der Waals surface area contributed by atoms with E-state index in [-0.39, 0.29) is 30.1 Å². The normalized spacial score (nSPS) is 9.47. The molecule has 5 heteroatoms. The molecule has 0 aliphatic carbocycles. The molecule has 0 atom stereocenters. The van der Waals surface area contributed by atoms with Crippen molar-refractivity contribution in [2.45, 2.75) is 13.3 Å². The van der Waals surface area contributed by atoms with Crippen LogP contribution >= 0.6 is 0 Å². The van der Waals surface area contributed by atoms with E-state index in [1.54, 1.807) is 6.92 Å². The van der Waals surface area contributed by atoms with E-state index in [2.05, 4.69) is 0 Å². The molecule has 5 nitrogen and oxygen atoms in total. The minimum Gasteiger partial charge on any atom is -0.504 e. The number of hydrogen-bond donors (Lipinski definition) is 1. The third-order valence-electron chi connectivity index (χ3n) is 2.18. The molecule has 0 saturated heterocycles. The highest BCUT2D eigenvalue weighted by atomic mass is 16.5. The number of carbonyl (C=O) groups excluding carboxylic acids is 1. The number of phenols is 1. The van der Waals surface area contributed by atoms with Gasteiger partial charge < -0.3 is 14.6 Å². The van der Waals surface area contributed by atoms with Crippen molar-refractivity contribution in [2.75, 3.05) is 13.7 Å². The summed E-state index contributed by atoms with van der Waals surface area (Å²) < 4.78 is 9.72. The Labute approximate surface area is 99.2 Å². The van der Waals surface area contributed by atoms with E-state index < -0.39 is 5.97 Å². The Hall–Kier alpha value is -2.22. The molecule has 0 bridgehead atoms. The van der Waals surface area contributed by atoms with Crippen LogP contribution in [0.15, 0.2) is 12.1 Å². The van der Waals surface area contributed by atoms with Gasteiger partial charge in [-0.05, 0) is 18.6 Å². The van der Waals surface area contributed by atoms with Gasteiger partial charge in [-0.25, -0.2) is 0 Å². The Kier molecular flexibility index (Phi) is 4.35. The first-order chi connectivity index (χ1) is 8.13. The lowest BCUT2D eigenvalue weighted by molar-refractivity contribution is -0.142. The molecule has 0 heterocycles. The smallest absolute Gasteiger partial charge is 0.310 e. The highest BCUT2D eigenvalue weighted by Crippen LogP contribution is 2.32. The van der Waals surface area contributed by atoms with Crippen LogP contribution in [-0.4, -0.2) is 24.8 Å². The van der Waals surface area contributed by atoms with Crippen molar-refractivity contribution in [3.63, 3.8) is 0 Å². The molecule has 0 fully saturated rings. The topological polar surface area (TPSA) is 79.6 Å². The van der Waals surface area contributed by atoms with Gasteiger partial charge >= 0.3 is 5.97 Å². The standard InChI is InChI=1S/C12H13NO4/c1-3-17-11(15)6-8-4-5-10(14)12(16-2)9(8)7-13/h4-5,14H,3,6H2,1-2H3. The molecule has 1 aromatic rings. The van der Waals surface area contributed by atoms with Crippen LogP contribution in [-0.2, 0) is 16.0 Å². The van der Waals surface area contributed by atoms with Crippen LogP contribution in [0.4, 0.5) is 0 Å². The molecule has 90 valence electrons. The summed E-state index contributed by atoms with van der Waals surface area (Å²) >= 11 is 0. The number of methoxy groups -OCH3 is 1. The highest BCUT2D eigenvalue weighted by molar-refractivity contribution is 5.74. The Morgan fingerprint density at radius 3 is 2.76 bits per heavy atom. The number of phenolic OH excluding ortho intramolecular Hbond substituents is 1. The predicted octanol–water partition coefficient (Wildman–Crippen LogP) is 1.38. The Balaban J connectivity index is 3.09. The van der Waals surface area contributed by atoms with Crippen LogP contribution in [0.2, 0.25) is 0 Å². The number of ether oxygens (including phenoxy) is 2. The van der Waals surface area contributed by atoms with Gasteiger partial charge in [-0.3, -0.25) is 4.79 Å². The quantitative estimate of drug-likeness (QED) is 0.797. The molecule has 0 aliphatic heterocycles. The second-order valence-electron chi connectivity index (χ2n) is 3.25. The molecule has 0 saturated carbocycles. The first-order valence-corrected chi connectivity index (χ1v) is 5.08. The average molecular weight is 235 g/mol. The summed E-state index contributed by atoms with van der Waals surface area (Å²) in [7, 11) is 1.35. The van der Waals surface area contributed by atoms with Crippen molar-refractivity contribution >= 4 is 5.97 Å². The summed E-state index contributed by atoms with van der Waals surface area (Å²) in [6.45, 7) is 2.00. The second-order valence-corrected chi connectivity index (χ2v) is 3.25. The maximum absolute atomic E-state index is 11.3. The van der Waals surface area contributed by atoms with Crippen molar-refractivity contribution in [3.05, 3.63) is 23.3 Å². The lowest BCUT2D eigenvalue weighted by Crippen LogP contribution is -2.09. The fraction of sp³-hybridized carbons (Fsp3) is 0.333. The maximum Gasteiger partial charge on any atom is 0.310 e. The molecule has 17 heavy (non-hydrogen) atoms. The Bertz CT molecular complexity index is 462. The van der Waals surface area contributed by atoms with Crippen molar-refractivity contribution in [1.82, 2.24) is 0 Å². The van der Waals surface area contributed by atoms with Crippen molar-refractivity contribution < 1.29 is 19.4 Å². The van der Waals surface area contributed by atoms with Gasteiger partial charge in [-0.1, -0.05) is 6.07 Å². The maximum atomic E-state index is 11.3. The van der Waals surface area contributed by atoms with Crippen LogP contribution in [0.1, 0.15) is 18.1 Å². The molecule has 1 rings (SSSR count). The van der Waals surface area contributed by atoms with E-state index in [4.69, 9.17) is 14.7 Å². The molecule has 1 N–H and O–H groups in total. The van der Waals surface area contributed by atoms with Gasteiger partial charge in [0.25, 0.3) is 0 Å².